The molecule has 0 spiro atoms. The number of aldehydes is 1. The van der Waals surface area contributed by atoms with Gasteiger partial charge in [0.1, 0.15) is 12.4 Å². The molecule has 0 saturated carbocycles. The van der Waals surface area contributed by atoms with E-state index >= 15 is 0 Å². The van der Waals surface area contributed by atoms with Crippen LogP contribution in [0.5, 0.6) is 11.6 Å². The lowest BCUT2D eigenvalue weighted by molar-refractivity contribution is -0.0794. The molecule has 0 radical (unpaired) electrons. The molecule has 4 rings (SSSR count). The first-order chi connectivity index (χ1) is 20.7. The van der Waals surface area contributed by atoms with Crippen molar-refractivity contribution in [3.05, 3.63) is 113 Å². The van der Waals surface area contributed by atoms with Crippen LogP contribution in [0.3, 0.4) is 0 Å². The summed E-state index contributed by atoms with van der Waals surface area (Å²) in [6.45, 7) is 5.53. The largest absolute Gasteiger partial charge is 0.449 e. The van der Waals surface area contributed by atoms with Crippen LogP contribution in [0, 0.1) is 5.41 Å². The predicted molar refractivity (Wildman–Crippen MR) is 166 cm³/mol. The van der Waals surface area contributed by atoms with E-state index in [1.54, 1.807) is 48.5 Å². The van der Waals surface area contributed by atoms with Gasteiger partial charge in [0.2, 0.25) is 15.7 Å². The lowest BCUT2D eigenvalue weighted by Gasteiger charge is -2.43. The van der Waals surface area contributed by atoms with Crippen LogP contribution in [0.4, 0.5) is 4.79 Å². The van der Waals surface area contributed by atoms with E-state index in [9.17, 15) is 23.1 Å². The van der Waals surface area contributed by atoms with Crippen molar-refractivity contribution >= 4 is 33.8 Å². The fourth-order valence-corrected chi connectivity index (χ4v) is 6.35. The number of benzene rings is 3. The molecule has 3 aromatic carbocycles. The van der Waals surface area contributed by atoms with Crippen molar-refractivity contribution in [3.8, 4) is 11.6 Å². The van der Waals surface area contributed by atoms with E-state index in [4.69, 9.17) is 26.8 Å². The van der Waals surface area contributed by atoms with Crippen molar-refractivity contribution in [1.82, 2.24) is 4.98 Å². The van der Waals surface area contributed by atoms with Crippen molar-refractivity contribution in [2.24, 2.45) is 11.1 Å². The summed E-state index contributed by atoms with van der Waals surface area (Å²) >= 11 is 6.25. The van der Waals surface area contributed by atoms with Gasteiger partial charge in [0.25, 0.3) is 0 Å². The minimum atomic E-state index is -3.98. The fraction of sp³-hybridized carbons (Fsp3) is 0.242. The van der Waals surface area contributed by atoms with Gasteiger partial charge >= 0.3 is 6.09 Å². The molecule has 0 saturated heterocycles. The van der Waals surface area contributed by atoms with Crippen LogP contribution in [0.25, 0.3) is 0 Å². The molecule has 0 fully saturated rings. The van der Waals surface area contributed by atoms with Crippen molar-refractivity contribution in [1.29, 1.82) is 0 Å². The highest BCUT2D eigenvalue weighted by molar-refractivity contribution is 7.91. The molecule has 4 aromatic rings. The molecule has 1 heterocycles. The predicted octanol–water partition coefficient (Wildman–Crippen LogP) is 6.68. The molecule has 1 amide bonds. The zero-order valence-electron chi connectivity index (χ0n) is 24.4. The summed E-state index contributed by atoms with van der Waals surface area (Å²) in [6.07, 6.45) is 1.21. The maximum atomic E-state index is 13.6. The Bertz CT molecular complexity index is 1750. The summed E-state index contributed by atoms with van der Waals surface area (Å²) in [5.41, 5.74) is 4.64. The fourth-order valence-electron chi connectivity index (χ4n) is 4.87. The lowest BCUT2D eigenvalue weighted by Crippen LogP contribution is -2.42. The number of carbonyl (C=O) groups excluding carboxylic acids is 2. The molecule has 2 atom stereocenters. The molecule has 0 bridgehead atoms. The Morgan fingerprint density at radius 1 is 1.00 bits per heavy atom. The number of sulfone groups is 1. The van der Waals surface area contributed by atoms with Gasteiger partial charge < -0.3 is 20.3 Å². The van der Waals surface area contributed by atoms with E-state index in [0.29, 0.717) is 22.4 Å². The number of nitrogens with zero attached hydrogens (tertiary/aromatic N) is 1. The maximum Gasteiger partial charge on any atom is 0.404 e. The van der Waals surface area contributed by atoms with Crippen LogP contribution < -0.4 is 10.5 Å². The number of aromatic nitrogens is 1. The van der Waals surface area contributed by atoms with Gasteiger partial charge in [-0.1, -0.05) is 62.7 Å². The average Bonchev–Trinajstić information content (AvgIpc) is 2.99. The first-order valence-electron chi connectivity index (χ1n) is 13.7. The van der Waals surface area contributed by atoms with E-state index in [2.05, 4.69) is 4.98 Å². The SMILES string of the molecule is CC(C)(C)[C@](O)(CC(COC(N)=O)c1ccc(S(=O)(=O)c2cccc(Oc3ncccc3C=O)c2)cc1)c1cccc(Cl)c1. The lowest BCUT2D eigenvalue weighted by atomic mass is 9.67. The highest BCUT2D eigenvalue weighted by Gasteiger charge is 2.44. The number of hydrogen-bond donors (Lipinski definition) is 2. The number of primary amides is 1. The van der Waals surface area contributed by atoms with E-state index in [0.717, 1.165) is 0 Å². The van der Waals surface area contributed by atoms with Crippen LogP contribution >= 0.6 is 11.6 Å². The Labute approximate surface area is 261 Å². The van der Waals surface area contributed by atoms with Crippen LogP contribution in [-0.2, 0) is 20.2 Å². The Hall–Kier alpha value is -4.25. The minimum Gasteiger partial charge on any atom is -0.449 e. The molecule has 11 heteroatoms. The highest BCUT2D eigenvalue weighted by Crippen LogP contribution is 2.46. The number of nitrogens with two attached hydrogens (primary N) is 1. The van der Waals surface area contributed by atoms with Gasteiger partial charge in [0.05, 0.1) is 21.0 Å². The molecule has 3 N–H and O–H groups in total. The van der Waals surface area contributed by atoms with Crippen molar-refractivity contribution in [2.75, 3.05) is 6.61 Å². The summed E-state index contributed by atoms with van der Waals surface area (Å²) < 4.78 is 38.0. The molecule has 230 valence electrons. The van der Waals surface area contributed by atoms with Gasteiger partial charge in [-0.15, -0.1) is 0 Å². The summed E-state index contributed by atoms with van der Waals surface area (Å²) in [6, 6.07) is 22.1. The second-order valence-corrected chi connectivity index (χ2v) is 13.7. The van der Waals surface area contributed by atoms with Crippen LogP contribution in [0.2, 0.25) is 5.02 Å². The van der Waals surface area contributed by atoms with Crippen LogP contribution in [0.1, 0.15) is 54.6 Å². The van der Waals surface area contributed by atoms with Gasteiger partial charge in [-0.2, -0.15) is 0 Å². The number of halogens is 1. The highest BCUT2D eigenvalue weighted by atomic mass is 35.5. The molecule has 1 aromatic heterocycles. The smallest absolute Gasteiger partial charge is 0.404 e. The molecular weight excluding hydrogens is 604 g/mol. The monoisotopic (exact) mass is 636 g/mol. The van der Waals surface area contributed by atoms with Gasteiger partial charge in [0.15, 0.2) is 6.29 Å². The number of ether oxygens (including phenoxy) is 2. The summed E-state index contributed by atoms with van der Waals surface area (Å²) in [5.74, 6) is -0.307. The Morgan fingerprint density at radius 3 is 2.34 bits per heavy atom. The third-order valence-electron chi connectivity index (χ3n) is 7.43. The quantitative estimate of drug-likeness (QED) is 0.173. The van der Waals surface area contributed by atoms with E-state index < -0.39 is 32.9 Å². The Morgan fingerprint density at radius 2 is 1.70 bits per heavy atom. The van der Waals surface area contributed by atoms with E-state index in [1.165, 1.54) is 42.6 Å². The zero-order chi connectivity index (χ0) is 32.1. The molecule has 0 aliphatic carbocycles. The van der Waals surface area contributed by atoms with E-state index in [1.807, 2.05) is 20.8 Å². The van der Waals surface area contributed by atoms with E-state index in [-0.39, 0.29) is 40.0 Å². The second kappa shape index (κ2) is 13.2. The third-order valence-corrected chi connectivity index (χ3v) is 9.43. The summed E-state index contributed by atoms with van der Waals surface area (Å²) in [5, 5.41) is 12.5. The summed E-state index contributed by atoms with van der Waals surface area (Å²) in [4.78, 5) is 26.9. The number of pyridine rings is 1. The molecule has 0 aliphatic rings. The zero-order valence-corrected chi connectivity index (χ0v) is 26.0. The molecular formula is C33H33ClN2O7S. The first kappa shape index (κ1) is 32.7. The topological polar surface area (TPSA) is 146 Å². The first-order valence-corrected chi connectivity index (χ1v) is 15.5. The third kappa shape index (κ3) is 7.27. The van der Waals surface area contributed by atoms with Crippen LogP contribution in [-0.4, -0.2) is 37.5 Å². The van der Waals surface area contributed by atoms with Crippen molar-refractivity contribution in [2.45, 2.75) is 48.5 Å². The Kier molecular flexibility index (Phi) is 9.78. The second-order valence-electron chi connectivity index (χ2n) is 11.3. The Balaban J connectivity index is 1.65. The number of hydrogen-bond acceptors (Lipinski definition) is 8. The number of carbonyl (C=O) groups is 2. The number of rotatable bonds is 11. The number of aliphatic hydroxyl groups is 1. The molecule has 9 nitrogen and oxygen atoms in total. The van der Waals surface area contributed by atoms with Crippen molar-refractivity contribution < 1.29 is 32.6 Å². The maximum absolute atomic E-state index is 13.6. The number of amides is 1. The van der Waals surface area contributed by atoms with Gasteiger partial charge in [-0.05, 0) is 77.6 Å². The average molecular weight is 637 g/mol. The van der Waals surface area contributed by atoms with Gasteiger partial charge in [-0.25, -0.2) is 18.2 Å². The standard InChI is InChI=1S/C33H33ClN2O7S/c1-32(2,3)33(39,25-8-4-9-26(34)17-25)19-24(21-42-31(35)38)22-12-14-28(15-13-22)44(40,41)29-11-5-10-27(18-29)43-30-23(20-37)7-6-16-36-30/h4-18,20,24,39H,19,21H2,1-3H3,(H2,35,38)/t24?,33-/m0/s1. The molecule has 0 aliphatic heterocycles. The van der Waals surface area contributed by atoms with Crippen molar-refractivity contribution in [3.63, 3.8) is 0 Å². The minimum absolute atomic E-state index is 0.0142. The molecule has 1 unspecified atom stereocenters. The normalized spacial score (nSPS) is 13.8. The van der Waals surface area contributed by atoms with Gasteiger partial charge in [0, 0.05) is 17.1 Å². The molecule has 44 heavy (non-hydrogen) atoms. The summed E-state index contributed by atoms with van der Waals surface area (Å²) in [7, 11) is -3.98. The van der Waals surface area contributed by atoms with Gasteiger partial charge in [-0.3, -0.25) is 4.79 Å². The van der Waals surface area contributed by atoms with Crippen LogP contribution in [0.15, 0.2) is 101 Å².